The third-order valence-corrected chi connectivity index (χ3v) is 3.90. The third kappa shape index (κ3) is 4.35. The molecule has 1 aromatic carbocycles. The smallest absolute Gasteiger partial charge is 0.303 e. The minimum atomic E-state index is -0.667. The predicted octanol–water partition coefficient (Wildman–Crippen LogP) is 2.94. The molecule has 1 heterocycles. The fraction of sp³-hybridized carbons (Fsp3) is 0.562. The molecule has 1 aliphatic rings. The molecule has 1 N–H and O–H groups in total. The summed E-state index contributed by atoms with van der Waals surface area (Å²) >= 11 is 0. The van der Waals surface area contributed by atoms with Crippen LogP contribution in [0.25, 0.3) is 0 Å². The number of likely N-dealkylation sites (tertiary alicyclic amines) is 1. The van der Waals surface area contributed by atoms with Crippen LogP contribution in [0, 0.1) is 5.92 Å². The van der Waals surface area contributed by atoms with E-state index in [2.05, 4.69) is 36.1 Å². The van der Waals surface area contributed by atoms with Gasteiger partial charge in [-0.05, 0) is 42.9 Å². The van der Waals surface area contributed by atoms with Crippen LogP contribution in [0.3, 0.4) is 0 Å². The highest BCUT2D eigenvalue weighted by Crippen LogP contribution is 2.21. The Balaban J connectivity index is 1.88. The van der Waals surface area contributed by atoms with E-state index in [9.17, 15) is 4.79 Å². The SMILES string of the molecule is CCc1ccc(CN2CCCC(CC(=O)O)C2)cc1. The van der Waals surface area contributed by atoms with Gasteiger partial charge in [-0.15, -0.1) is 0 Å². The van der Waals surface area contributed by atoms with E-state index >= 15 is 0 Å². The molecule has 19 heavy (non-hydrogen) atoms. The molecule has 1 aliphatic heterocycles. The van der Waals surface area contributed by atoms with Crippen LogP contribution in [0.5, 0.6) is 0 Å². The number of carbonyl (C=O) groups is 1. The van der Waals surface area contributed by atoms with Crippen LogP contribution < -0.4 is 0 Å². The first kappa shape index (κ1) is 14.1. The molecule has 104 valence electrons. The molecular weight excluding hydrogens is 238 g/mol. The number of carboxylic acids is 1. The van der Waals surface area contributed by atoms with Gasteiger partial charge in [-0.25, -0.2) is 0 Å². The molecule has 0 radical (unpaired) electrons. The van der Waals surface area contributed by atoms with Crippen molar-refractivity contribution in [3.8, 4) is 0 Å². The maximum Gasteiger partial charge on any atom is 0.303 e. The summed E-state index contributed by atoms with van der Waals surface area (Å²) in [5.74, 6) is -0.347. The molecule has 0 aliphatic carbocycles. The minimum Gasteiger partial charge on any atom is -0.481 e. The lowest BCUT2D eigenvalue weighted by molar-refractivity contribution is -0.138. The summed E-state index contributed by atoms with van der Waals surface area (Å²) in [4.78, 5) is 13.2. The Bertz CT molecular complexity index is 413. The van der Waals surface area contributed by atoms with Gasteiger partial charge >= 0.3 is 5.97 Å². The maximum atomic E-state index is 10.8. The van der Waals surface area contributed by atoms with Gasteiger partial charge in [-0.1, -0.05) is 31.2 Å². The monoisotopic (exact) mass is 261 g/mol. The molecule has 3 nitrogen and oxygen atoms in total. The molecule has 3 heteroatoms. The van der Waals surface area contributed by atoms with Crippen molar-refractivity contribution in [2.75, 3.05) is 13.1 Å². The molecule has 0 bridgehead atoms. The molecule has 0 saturated carbocycles. The molecular formula is C16H23NO2. The van der Waals surface area contributed by atoms with E-state index in [1.165, 1.54) is 11.1 Å². The summed E-state index contributed by atoms with van der Waals surface area (Å²) in [6.45, 7) is 5.11. The fourth-order valence-corrected chi connectivity index (χ4v) is 2.85. The van der Waals surface area contributed by atoms with E-state index in [0.717, 1.165) is 38.9 Å². The van der Waals surface area contributed by atoms with Gasteiger partial charge in [0.25, 0.3) is 0 Å². The number of benzene rings is 1. The summed E-state index contributed by atoms with van der Waals surface area (Å²) in [6, 6.07) is 8.77. The van der Waals surface area contributed by atoms with Crippen molar-refractivity contribution in [3.63, 3.8) is 0 Å². The number of carboxylic acid groups (broad SMARTS) is 1. The van der Waals surface area contributed by atoms with Crippen LogP contribution in [0.4, 0.5) is 0 Å². The average Bonchev–Trinajstić information content (AvgIpc) is 2.39. The predicted molar refractivity (Wildman–Crippen MR) is 76.1 cm³/mol. The van der Waals surface area contributed by atoms with Crippen molar-refractivity contribution in [2.45, 2.75) is 39.2 Å². The Kier molecular flexibility index (Phi) is 4.97. The zero-order chi connectivity index (χ0) is 13.7. The van der Waals surface area contributed by atoms with Crippen LogP contribution in [0.15, 0.2) is 24.3 Å². The lowest BCUT2D eigenvalue weighted by Crippen LogP contribution is -2.35. The number of aryl methyl sites for hydroxylation is 1. The number of piperidine rings is 1. The number of hydrogen-bond donors (Lipinski definition) is 1. The quantitative estimate of drug-likeness (QED) is 0.886. The minimum absolute atomic E-state index is 0.311. The van der Waals surface area contributed by atoms with Crippen molar-refractivity contribution in [3.05, 3.63) is 35.4 Å². The van der Waals surface area contributed by atoms with Gasteiger partial charge in [-0.2, -0.15) is 0 Å². The van der Waals surface area contributed by atoms with Gasteiger partial charge in [0, 0.05) is 19.5 Å². The van der Waals surface area contributed by atoms with Crippen molar-refractivity contribution in [2.24, 2.45) is 5.92 Å². The second kappa shape index (κ2) is 6.71. The Labute approximate surface area is 115 Å². The van der Waals surface area contributed by atoms with Gasteiger partial charge in [0.2, 0.25) is 0 Å². The average molecular weight is 261 g/mol. The zero-order valence-electron chi connectivity index (χ0n) is 11.6. The zero-order valence-corrected chi connectivity index (χ0v) is 11.6. The Hall–Kier alpha value is -1.35. The highest BCUT2D eigenvalue weighted by molar-refractivity contribution is 5.67. The molecule has 1 atom stereocenters. The second-order valence-corrected chi connectivity index (χ2v) is 5.51. The highest BCUT2D eigenvalue weighted by Gasteiger charge is 2.21. The summed E-state index contributed by atoms with van der Waals surface area (Å²) in [7, 11) is 0. The molecule has 1 aromatic rings. The molecule has 0 aromatic heterocycles. The lowest BCUT2D eigenvalue weighted by atomic mass is 9.94. The Morgan fingerprint density at radius 2 is 2.00 bits per heavy atom. The van der Waals surface area contributed by atoms with Crippen LogP contribution in [0.2, 0.25) is 0 Å². The van der Waals surface area contributed by atoms with Gasteiger partial charge in [0.05, 0.1) is 0 Å². The number of nitrogens with zero attached hydrogens (tertiary/aromatic N) is 1. The summed E-state index contributed by atoms with van der Waals surface area (Å²) in [5, 5.41) is 8.88. The van der Waals surface area contributed by atoms with E-state index < -0.39 is 5.97 Å². The Morgan fingerprint density at radius 3 is 2.63 bits per heavy atom. The number of hydrogen-bond acceptors (Lipinski definition) is 2. The molecule has 0 amide bonds. The van der Waals surface area contributed by atoms with Crippen LogP contribution in [-0.2, 0) is 17.8 Å². The summed E-state index contributed by atoms with van der Waals surface area (Å²) < 4.78 is 0. The van der Waals surface area contributed by atoms with Crippen LogP contribution in [-0.4, -0.2) is 29.1 Å². The molecule has 2 rings (SSSR count). The Morgan fingerprint density at radius 1 is 1.32 bits per heavy atom. The molecule has 1 unspecified atom stereocenters. The van der Waals surface area contributed by atoms with E-state index in [-0.39, 0.29) is 0 Å². The first-order valence-corrected chi connectivity index (χ1v) is 7.19. The first-order chi connectivity index (χ1) is 9.17. The third-order valence-electron chi connectivity index (χ3n) is 3.90. The highest BCUT2D eigenvalue weighted by atomic mass is 16.4. The van der Waals surface area contributed by atoms with E-state index in [1.54, 1.807) is 0 Å². The van der Waals surface area contributed by atoms with Crippen molar-refractivity contribution in [1.82, 2.24) is 4.90 Å². The van der Waals surface area contributed by atoms with Gasteiger partial charge in [-0.3, -0.25) is 9.69 Å². The second-order valence-electron chi connectivity index (χ2n) is 5.51. The molecule has 1 saturated heterocycles. The number of aliphatic carboxylic acids is 1. The normalized spacial score (nSPS) is 20.4. The van der Waals surface area contributed by atoms with Gasteiger partial charge in [0.15, 0.2) is 0 Å². The standard InChI is InChI=1S/C16H23NO2/c1-2-13-5-7-14(8-6-13)11-17-9-3-4-15(12-17)10-16(18)19/h5-8,15H,2-4,9-12H2,1H3,(H,18,19). The largest absolute Gasteiger partial charge is 0.481 e. The van der Waals surface area contributed by atoms with Crippen molar-refractivity contribution >= 4 is 5.97 Å². The first-order valence-electron chi connectivity index (χ1n) is 7.19. The maximum absolute atomic E-state index is 10.8. The fourth-order valence-electron chi connectivity index (χ4n) is 2.85. The summed E-state index contributed by atoms with van der Waals surface area (Å²) in [5.41, 5.74) is 2.69. The summed E-state index contributed by atoms with van der Waals surface area (Å²) in [6.07, 6.45) is 3.55. The van der Waals surface area contributed by atoms with Crippen LogP contribution in [0.1, 0.15) is 37.3 Å². The molecule has 0 spiro atoms. The number of rotatable bonds is 5. The van der Waals surface area contributed by atoms with Crippen molar-refractivity contribution in [1.29, 1.82) is 0 Å². The van der Waals surface area contributed by atoms with Crippen molar-refractivity contribution < 1.29 is 9.90 Å². The van der Waals surface area contributed by atoms with Gasteiger partial charge < -0.3 is 5.11 Å². The lowest BCUT2D eigenvalue weighted by Gasteiger charge is -2.32. The van der Waals surface area contributed by atoms with E-state index in [0.29, 0.717) is 12.3 Å². The van der Waals surface area contributed by atoms with E-state index in [4.69, 9.17) is 5.11 Å². The molecule has 1 fully saturated rings. The van der Waals surface area contributed by atoms with E-state index in [1.807, 2.05) is 0 Å². The van der Waals surface area contributed by atoms with Gasteiger partial charge in [0.1, 0.15) is 0 Å². The van der Waals surface area contributed by atoms with Crippen LogP contribution >= 0.6 is 0 Å². The topological polar surface area (TPSA) is 40.5 Å².